The summed E-state index contributed by atoms with van der Waals surface area (Å²) in [6.45, 7) is 2.21. The van der Waals surface area contributed by atoms with Gasteiger partial charge < -0.3 is 18.8 Å². The number of ether oxygens (including phenoxy) is 3. The van der Waals surface area contributed by atoms with Crippen LogP contribution in [0.4, 0.5) is 0 Å². The highest BCUT2D eigenvalue weighted by Crippen LogP contribution is 2.37. The highest BCUT2D eigenvalue weighted by molar-refractivity contribution is 7.88. The molecule has 31 heavy (non-hydrogen) atoms. The molecule has 1 fully saturated rings. The smallest absolute Gasteiger partial charge is 0.326 e. The predicted molar refractivity (Wildman–Crippen MR) is 112 cm³/mol. The van der Waals surface area contributed by atoms with Gasteiger partial charge in [-0.25, -0.2) is 8.42 Å². The molecule has 4 rings (SSSR count). The number of piperidine rings is 1. The molecule has 12 heteroatoms. The molecule has 3 heterocycles. The SMILES string of the molecule is CCOC(=O)Cn1c(=NC(=O)C2CCCCN2S(C)(=O)=O)sc2cc3c(cc21)OCO3. The molecule has 0 spiro atoms. The Hall–Kier alpha value is -2.44. The largest absolute Gasteiger partial charge is 0.465 e. The van der Waals surface area contributed by atoms with Crippen molar-refractivity contribution in [2.75, 3.05) is 26.2 Å². The lowest BCUT2D eigenvalue weighted by atomic mass is 10.0. The van der Waals surface area contributed by atoms with Gasteiger partial charge in [-0.05, 0) is 19.8 Å². The van der Waals surface area contributed by atoms with E-state index in [2.05, 4.69) is 4.99 Å². The average molecular weight is 470 g/mol. The molecule has 0 bridgehead atoms. The van der Waals surface area contributed by atoms with Crippen molar-refractivity contribution in [1.82, 2.24) is 8.87 Å². The van der Waals surface area contributed by atoms with Crippen LogP contribution in [0.2, 0.25) is 0 Å². The quantitative estimate of drug-likeness (QED) is 0.605. The number of carbonyl (C=O) groups excluding carboxylic acids is 2. The maximum Gasteiger partial charge on any atom is 0.326 e. The Labute approximate surface area is 183 Å². The molecule has 1 atom stereocenters. The van der Waals surface area contributed by atoms with Gasteiger partial charge in [0.15, 0.2) is 16.3 Å². The molecular weight excluding hydrogens is 446 g/mol. The molecule has 10 nitrogen and oxygen atoms in total. The van der Waals surface area contributed by atoms with Crippen LogP contribution in [0.25, 0.3) is 10.2 Å². The van der Waals surface area contributed by atoms with Crippen LogP contribution in [0.1, 0.15) is 26.2 Å². The first kappa shape index (κ1) is 21.8. The van der Waals surface area contributed by atoms with Crippen molar-refractivity contribution in [3.8, 4) is 11.5 Å². The number of thiazole rings is 1. The Morgan fingerprint density at radius 3 is 2.71 bits per heavy atom. The van der Waals surface area contributed by atoms with E-state index >= 15 is 0 Å². The van der Waals surface area contributed by atoms with Crippen molar-refractivity contribution in [2.45, 2.75) is 38.8 Å². The third kappa shape index (κ3) is 4.46. The number of rotatable bonds is 5. The first-order valence-electron chi connectivity index (χ1n) is 9.92. The summed E-state index contributed by atoms with van der Waals surface area (Å²) >= 11 is 1.22. The van der Waals surface area contributed by atoms with E-state index in [1.165, 1.54) is 15.6 Å². The molecular formula is C19H23N3O7S2. The molecule has 2 aliphatic heterocycles. The van der Waals surface area contributed by atoms with Crippen LogP contribution in [0.3, 0.4) is 0 Å². The summed E-state index contributed by atoms with van der Waals surface area (Å²) in [6.07, 6.45) is 2.96. The molecule has 1 unspecified atom stereocenters. The molecule has 168 valence electrons. The summed E-state index contributed by atoms with van der Waals surface area (Å²) in [5.41, 5.74) is 0.650. The minimum atomic E-state index is -3.54. The van der Waals surface area contributed by atoms with Gasteiger partial charge in [0.2, 0.25) is 16.8 Å². The fourth-order valence-corrected chi connectivity index (χ4v) is 5.91. The van der Waals surface area contributed by atoms with E-state index in [-0.39, 0.29) is 24.7 Å². The lowest BCUT2D eigenvalue weighted by Gasteiger charge is -2.31. The Bertz CT molecular complexity index is 1200. The van der Waals surface area contributed by atoms with Crippen LogP contribution >= 0.6 is 11.3 Å². The van der Waals surface area contributed by atoms with Crippen molar-refractivity contribution in [3.63, 3.8) is 0 Å². The van der Waals surface area contributed by atoms with Gasteiger partial charge in [0.1, 0.15) is 12.6 Å². The standard InChI is InChI=1S/C19H23N3O7S2/c1-3-27-17(23)10-21-13-8-14-15(29-11-28-14)9-16(13)30-19(21)20-18(24)12-6-4-5-7-22(12)31(2,25)26/h8-9,12H,3-7,10-11H2,1-2H3. The van der Waals surface area contributed by atoms with Gasteiger partial charge in [-0.3, -0.25) is 9.59 Å². The lowest BCUT2D eigenvalue weighted by molar-refractivity contribution is -0.143. The zero-order chi connectivity index (χ0) is 22.2. The fraction of sp³-hybridized carbons (Fsp3) is 0.526. The van der Waals surface area contributed by atoms with Crippen molar-refractivity contribution in [1.29, 1.82) is 0 Å². The minimum Gasteiger partial charge on any atom is -0.465 e. The molecule has 2 aliphatic rings. The minimum absolute atomic E-state index is 0.114. The van der Waals surface area contributed by atoms with Crippen LogP contribution in [0.5, 0.6) is 11.5 Å². The maximum absolute atomic E-state index is 13.0. The van der Waals surface area contributed by atoms with Crippen molar-refractivity contribution in [2.24, 2.45) is 4.99 Å². The van der Waals surface area contributed by atoms with Gasteiger partial charge in [0, 0.05) is 18.7 Å². The molecule has 2 aromatic rings. The van der Waals surface area contributed by atoms with Gasteiger partial charge in [0.05, 0.1) is 23.1 Å². The van der Waals surface area contributed by atoms with Crippen LogP contribution in [-0.2, 0) is 30.9 Å². The molecule has 0 radical (unpaired) electrons. The Kier molecular flexibility index (Phi) is 6.04. The van der Waals surface area contributed by atoms with Gasteiger partial charge in [0.25, 0.3) is 5.91 Å². The van der Waals surface area contributed by atoms with Gasteiger partial charge in [-0.2, -0.15) is 9.30 Å². The Balaban J connectivity index is 1.78. The summed E-state index contributed by atoms with van der Waals surface area (Å²) in [4.78, 5) is 29.8. The van der Waals surface area contributed by atoms with E-state index in [9.17, 15) is 18.0 Å². The van der Waals surface area contributed by atoms with E-state index in [0.29, 0.717) is 36.4 Å². The average Bonchev–Trinajstić information content (AvgIpc) is 3.30. The van der Waals surface area contributed by atoms with E-state index in [4.69, 9.17) is 14.2 Å². The first-order valence-corrected chi connectivity index (χ1v) is 12.6. The zero-order valence-electron chi connectivity index (χ0n) is 17.2. The Morgan fingerprint density at radius 1 is 1.26 bits per heavy atom. The second-order valence-corrected chi connectivity index (χ2v) is 10.2. The van der Waals surface area contributed by atoms with Crippen LogP contribution < -0.4 is 14.3 Å². The monoisotopic (exact) mass is 469 g/mol. The number of carbonyl (C=O) groups is 2. The number of fused-ring (bicyclic) bond motifs is 2. The number of hydrogen-bond acceptors (Lipinski definition) is 8. The second kappa shape index (κ2) is 8.60. The van der Waals surface area contributed by atoms with Gasteiger partial charge in [-0.15, -0.1) is 0 Å². The van der Waals surface area contributed by atoms with E-state index < -0.39 is 27.9 Å². The molecule has 0 saturated carbocycles. The summed E-state index contributed by atoms with van der Waals surface area (Å²) in [6, 6.07) is 2.67. The lowest BCUT2D eigenvalue weighted by Crippen LogP contribution is -2.47. The fourth-order valence-electron chi connectivity index (χ4n) is 3.75. The van der Waals surface area contributed by atoms with E-state index in [1.54, 1.807) is 23.6 Å². The third-order valence-electron chi connectivity index (χ3n) is 5.14. The zero-order valence-corrected chi connectivity index (χ0v) is 18.8. The topological polar surface area (TPSA) is 116 Å². The van der Waals surface area contributed by atoms with Crippen LogP contribution in [0.15, 0.2) is 17.1 Å². The second-order valence-electron chi connectivity index (χ2n) is 7.28. The van der Waals surface area contributed by atoms with Crippen molar-refractivity contribution < 1.29 is 32.2 Å². The third-order valence-corrected chi connectivity index (χ3v) is 7.47. The highest BCUT2D eigenvalue weighted by Gasteiger charge is 2.34. The number of aromatic nitrogens is 1. The van der Waals surface area contributed by atoms with Gasteiger partial charge in [-0.1, -0.05) is 17.8 Å². The van der Waals surface area contributed by atoms with E-state index in [0.717, 1.165) is 17.4 Å². The summed E-state index contributed by atoms with van der Waals surface area (Å²) in [5.74, 6) is 0.0975. The number of nitrogens with zero attached hydrogens (tertiary/aromatic N) is 3. The number of hydrogen-bond donors (Lipinski definition) is 0. The van der Waals surface area contributed by atoms with Crippen molar-refractivity contribution >= 4 is 43.5 Å². The normalized spacial score (nSPS) is 19.7. The Morgan fingerprint density at radius 2 is 2.00 bits per heavy atom. The number of sulfonamides is 1. The summed E-state index contributed by atoms with van der Waals surface area (Å²) < 4.78 is 43.7. The maximum atomic E-state index is 13.0. The number of benzene rings is 1. The molecule has 0 aliphatic carbocycles. The summed E-state index contributed by atoms with van der Waals surface area (Å²) in [5, 5.41) is 0. The van der Waals surface area contributed by atoms with Gasteiger partial charge >= 0.3 is 5.97 Å². The van der Waals surface area contributed by atoms with Crippen molar-refractivity contribution in [3.05, 3.63) is 16.9 Å². The molecule has 1 amide bonds. The van der Waals surface area contributed by atoms with Crippen LogP contribution in [0, 0.1) is 0 Å². The number of amides is 1. The number of esters is 1. The molecule has 0 N–H and O–H groups in total. The molecule has 1 aromatic heterocycles. The molecule has 1 saturated heterocycles. The first-order chi connectivity index (χ1) is 14.8. The van der Waals surface area contributed by atoms with E-state index in [1.807, 2.05) is 0 Å². The molecule has 1 aromatic carbocycles. The highest BCUT2D eigenvalue weighted by atomic mass is 32.2. The summed E-state index contributed by atoms with van der Waals surface area (Å²) in [7, 11) is -3.54. The predicted octanol–water partition coefficient (Wildman–Crippen LogP) is 1.24. The van der Waals surface area contributed by atoms with Crippen LogP contribution in [-0.4, -0.2) is 61.4 Å².